The number of aryl methyl sites for hydroxylation is 2. The van der Waals surface area contributed by atoms with Crippen LogP contribution in [0.3, 0.4) is 0 Å². The van der Waals surface area contributed by atoms with Crippen LogP contribution in [0.25, 0.3) is 0 Å². The van der Waals surface area contributed by atoms with Crippen LogP contribution in [-0.4, -0.2) is 42.6 Å². The van der Waals surface area contributed by atoms with E-state index < -0.39 is 0 Å². The summed E-state index contributed by atoms with van der Waals surface area (Å²) >= 11 is 0. The first-order chi connectivity index (χ1) is 25.1. The monoisotopic (exact) mass is 757 g/mol. The molecule has 53 heavy (non-hydrogen) atoms. The number of phenols is 4. The van der Waals surface area contributed by atoms with Gasteiger partial charge in [-0.25, -0.2) is 9.98 Å². The Morgan fingerprint density at radius 1 is 0.453 bits per heavy atom. The first-order valence-electron chi connectivity index (χ1n) is 15.9. The number of aromatic hydroxyl groups is 4. The molecule has 0 saturated carbocycles. The molecular weight excluding hydrogens is 724 g/mol. The number of aliphatic imine (C=N–C) groups is 2. The van der Waals surface area contributed by atoms with Crippen molar-refractivity contribution in [3.05, 3.63) is 166 Å². The van der Waals surface area contributed by atoms with E-state index in [2.05, 4.69) is 20.2 Å². The van der Waals surface area contributed by atoms with Gasteiger partial charge in [0.15, 0.2) is 11.4 Å². The van der Waals surface area contributed by atoms with Crippen LogP contribution < -0.4 is 0 Å². The van der Waals surface area contributed by atoms with Crippen molar-refractivity contribution in [1.82, 2.24) is 0 Å². The number of hydrogen-bond acceptors (Lipinski definition) is 10. The Morgan fingerprint density at radius 3 is 1.21 bits per heavy atom. The van der Waals surface area contributed by atoms with E-state index in [0.717, 1.165) is 11.1 Å². The predicted molar refractivity (Wildman–Crippen MR) is 200 cm³/mol. The van der Waals surface area contributed by atoms with Gasteiger partial charge in [-0.15, -0.1) is 0 Å². The van der Waals surface area contributed by atoms with E-state index in [1.807, 2.05) is 13.8 Å². The summed E-state index contributed by atoms with van der Waals surface area (Å²) in [5, 5.41) is 72.2. The predicted octanol–water partition coefficient (Wildman–Crippen LogP) is 10.2. The molecule has 0 heterocycles. The fourth-order valence-corrected chi connectivity index (χ4v) is 4.67. The van der Waals surface area contributed by atoms with E-state index in [1.165, 1.54) is 24.6 Å². The van der Waals surface area contributed by atoms with Gasteiger partial charge < -0.3 is 30.8 Å². The molecule has 0 saturated heterocycles. The number of phenolic OH excluding ortho intramolecular Hbond substituents is 4. The first kappa shape index (κ1) is 39.0. The Kier molecular flexibility index (Phi) is 13.5. The average molecular weight is 758 g/mol. The Morgan fingerprint density at radius 2 is 0.811 bits per heavy atom. The third-order valence-corrected chi connectivity index (χ3v) is 7.39. The SMILES string of the molecule is Cc1ccc(O)c(N=[N+]([O-])c2ccccc2N=Cc2ccccc2O)c1.Cc1ccc(O)c(N=[N+]([O-])c2ccccc2N=Cc2ccccc2O)c1.[Cu]. The summed E-state index contributed by atoms with van der Waals surface area (Å²) in [6.45, 7) is 3.69. The van der Waals surface area contributed by atoms with Crippen LogP contribution in [0.2, 0.25) is 0 Å². The molecule has 6 aromatic carbocycles. The quantitative estimate of drug-likeness (QED) is 0.0394. The molecule has 6 aromatic rings. The van der Waals surface area contributed by atoms with E-state index in [4.69, 9.17) is 0 Å². The maximum atomic E-state index is 12.5. The van der Waals surface area contributed by atoms with Crippen molar-refractivity contribution in [3.63, 3.8) is 0 Å². The van der Waals surface area contributed by atoms with Crippen LogP contribution in [0.15, 0.2) is 154 Å². The Hall–Kier alpha value is -6.82. The van der Waals surface area contributed by atoms with Gasteiger partial charge in [-0.1, -0.05) is 60.7 Å². The van der Waals surface area contributed by atoms with Crippen molar-refractivity contribution in [3.8, 4) is 23.0 Å². The van der Waals surface area contributed by atoms with Crippen molar-refractivity contribution in [2.45, 2.75) is 13.8 Å². The summed E-state index contributed by atoms with van der Waals surface area (Å²) in [4.78, 5) is 9.43. The third kappa shape index (κ3) is 10.6. The second-order valence-electron chi connectivity index (χ2n) is 11.3. The van der Waals surface area contributed by atoms with Gasteiger partial charge in [0.2, 0.25) is 0 Å². The number of benzene rings is 6. The Labute approximate surface area is 316 Å². The van der Waals surface area contributed by atoms with E-state index in [0.29, 0.717) is 32.2 Å². The topological polar surface area (TPSA) is 182 Å². The molecule has 0 aromatic heterocycles. The largest absolute Gasteiger partial charge is 0.594 e. The molecule has 0 spiro atoms. The smallest absolute Gasteiger partial charge is 0.270 e. The molecule has 0 aliphatic heterocycles. The fourth-order valence-electron chi connectivity index (χ4n) is 4.67. The minimum Gasteiger partial charge on any atom is -0.594 e. The molecule has 0 amide bonds. The average Bonchev–Trinajstić information content (AvgIpc) is 3.14. The van der Waals surface area contributed by atoms with E-state index in [9.17, 15) is 30.8 Å². The van der Waals surface area contributed by atoms with Gasteiger partial charge >= 0.3 is 0 Å². The molecule has 0 bridgehead atoms. The van der Waals surface area contributed by atoms with Crippen LogP contribution in [0.5, 0.6) is 23.0 Å². The summed E-state index contributed by atoms with van der Waals surface area (Å²) in [7, 11) is 0. The molecule has 0 fully saturated rings. The van der Waals surface area contributed by atoms with Crippen molar-refractivity contribution in [2.24, 2.45) is 20.2 Å². The van der Waals surface area contributed by atoms with E-state index in [-0.39, 0.29) is 62.8 Å². The summed E-state index contributed by atoms with van der Waals surface area (Å²) in [5.41, 5.74) is 4.41. The minimum absolute atomic E-state index is 0. The van der Waals surface area contributed by atoms with Gasteiger partial charge in [-0.05, 0) is 95.4 Å². The van der Waals surface area contributed by atoms with Gasteiger partial charge in [0.05, 0.1) is 0 Å². The van der Waals surface area contributed by atoms with Gasteiger partial charge in [-0.2, -0.15) is 0 Å². The van der Waals surface area contributed by atoms with Gasteiger partial charge in [-0.3, -0.25) is 0 Å². The summed E-state index contributed by atoms with van der Waals surface area (Å²) in [6.07, 6.45) is 2.96. The number of hydrogen-bond donors (Lipinski definition) is 4. The zero-order valence-electron chi connectivity index (χ0n) is 28.4. The van der Waals surface area contributed by atoms with Crippen molar-refractivity contribution >= 4 is 46.6 Å². The molecule has 1 radical (unpaired) electrons. The van der Waals surface area contributed by atoms with Crippen LogP contribution >= 0.6 is 0 Å². The second-order valence-corrected chi connectivity index (χ2v) is 11.3. The summed E-state index contributed by atoms with van der Waals surface area (Å²) in [6, 6.07) is 36.6. The molecule has 13 heteroatoms. The van der Waals surface area contributed by atoms with Crippen LogP contribution in [0.4, 0.5) is 34.1 Å². The Balaban J connectivity index is 0.000000232. The zero-order valence-corrected chi connectivity index (χ0v) is 29.4. The zero-order chi connectivity index (χ0) is 37.0. The molecule has 6 rings (SSSR count). The van der Waals surface area contributed by atoms with E-state index >= 15 is 0 Å². The fraction of sp³-hybridized carbons (Fsp3) is 0.0500. The van der Waals surface area contributed by atoms with E-state index in [1.54, 1.807) is 121 Å². The van der Waals surface area contributed by atoms with Gasteiger partial charge in [0.25, 0.3) is 11.4 Å². The molecule has 0 atom stereocenters. The minimum atomic E-state index is -0.0772. The van der Waals surface area contributed by atoms with Gasteiger partial charge in [0, 0.05) is 63.0 Å². The maximum Gasteiger partial charge on any atom is 0.270 e. The number of rotatable bonds is 8. The maximum absolute atomic E-state index is 12.5. The summed E-state index contributed by atoms with van der Waals surface area (Å²) < 4.78 is 0. The number of nitrogens with zero attached hydrogens (tertiary/aromatic N) is 6. The number of azo groups is 2. The molecule has 271 valence electrons. The number of para-hydroxylation sites is 6. The van der Waals surface area contributed by atoms with Crippen molar-refractivity contribution in [2.75, 3.05) is 0 Å². The van der Waals surface area contributed by atoms with Crippen LogP contribution in [-0.2, 0) is 17.1 Å². The van der Waals surface area contributed by atoms with Crippen LogP contribution in [0.1, 0.15) is 22.3 Å². The van der Waals surface area contributed by atoms with Gasteiger partial charge in [0.1, 0.15) is 34.4 Å². The van der Waals surface area contributed by atoms with Crippen molar-refractivity contribution < 1.29 is 47.2 Å². The molecule has 0 aliphatic carbocycles. The molecule has 0 unspecified atom stereocenters. The molecular formula is C40H34CuN6O6. The summed E-state index contributed by atoms with van der Waals surface area (Å²) in [5.74, 6) is 0.0439. The molecule has 0 aliphatic rings. The molecule has 12 nitrogen and oxygen atoms in total. The third-order valence-electron chi connectivity index (χ3n) is 7.39. The second kappa shape index (κ2) is 18.4. The van der Waals surface area contributed by atoms with Crippen molar-refractivity contribution in [1.29, 1.82) is 0 Å². The standard InChI is InChI=1S/2C20H17N3O3.Cu/c2*1-14-10-11-20(25)17(12-14)22-23(26)18-8-4-3-7-16(18)21-13-15-6-2-5-9-19(15)24;/h2*2-13,24-25H,1H3;. The first-order valence-corrected chi connectivity index (χ1v) is 15.9. The normalized spacial score (nSPS) is 11.6. The Bertz CT molecular complexity index is 2160. The molecule has 4 N–H and O–H groups in total. The van der Waals surface area contributed by atoms with Crippen LogP contribution in [0, 0.1) is 24.3 Å².